The van der Waals surface area contributed by atoms with Gasteiger partial charge in [-0.05, 0) is 63.0 Å². The number of nitrogens with two attached hydrogens (primary N) is 1. The summed E-state index contributed by atoms with van der Waals surface area (Å²) in [5.41, 5.74) is 8.83. The van der Waals surface area contributed by atoms with E-state index in [0.29, 0.717) is 48.5 Å². The Hall–Kier alpha value is -3.77. The van der Waals surface area contributed by atoms with Crippen LogP contribution in [0.15, 0.2) is 35.9 Å². The van der Waals surface area contributed by atoms with Crippen molar-refractivity contribution >= 4 is 57.8 Å². The number of hydrogen-bond donors (Lipinski definition) is 4. The zero-order valence-corrected chi connectivity index (χ0v) is 22.5. The SMILES string of the molecule is CCOc1cc2c(cc1Nc1nc(NC3C=CSC3C(N)=O)c3cc[nH]c3n1)N(C(=O)CN(C)C)CCC2. The van der Waals surface area contributed by atoms with E-state index in [4.69, 9.17) is 15.5 Å². The summed E-state index contributed by atoms with van der Waals surface area (Å²) in [5, 5.41) is 8.90. The number of H-pyrrole nitrogens is 1. The Bertz CT molecular complexity index is 1390. The first-order chi connectivity index (χ1) is 18.3. The summed E-state index contributed by atoms with van der Waals surface area (Å²) in [6.07, 6.45) is 5.46. The molecule has 2 atom stereocenters. The van der Waals surface area contributed by atoms with Gasteiger partial charge in [-0.15, -0.1) is 11.8 Å². The number of benzene rings is 1. The molecule has 0 spiro atoms. The smallest absolute Gasteiger partial charge is 0.241 e. The second-order valence-electron chi connectivity index (χ2n) is 9.52. The third-order valence-corrected chi connectivity index (χ3v) is 7.57. The Morgan fingerprint density at radius 3 is 2.92 bits per heavy atom. The monoisotopic (exact) mass is 536 g/mol. The van der Waals surface area contributed by atoms with Crippen LogP contribution in [0.25, 0.3) is 11.0 Å². The number of nitrogens with one attached hydrogen (secondary N) is 3. The molecule has 11 nitrogen and oxygen atoms in total. The fourth-order valence-electron chi connectivity index (χ4n) is 4.75. The van der Waals surface area contributed by atoms with Crippen LogP contribution in [-0.2, 0) is 16.0 Å². The quantitative estimate of drug-likeness (QED) is 0.325. The number of hydrogen-bond acceptors (Lipinski definition) is 9. The van der Waals surface area contributed by atoms with Crippen LogP contribution < -0.4 is 26.0 Å². The number of aromatic amines is 1. The summed E-state index contributed by atoms with van der Waals surface area (Å²) >= 11 is 1.38. The molecular weight excluding hydrogens is 504 g/mol. The second-order valence-corrected chi connectivity index (χ2v) is 10.6. The summed E-state index contributed by atoms with van der Waals surface area (Å²) in [4.78, 5) is 41.2. The van der Waals surface area contributed by atoms with Crippen LogP contribution in [0.2, 0.25) is 0 Å². The zero-order chi connectivity index (χ0) is 26.8. The predicted octanol–water partition coefficient (Wildman–Crippen LogP) is 2.84. The van der Waals surface area contributed by atoms with Crippen LogP contribution in [0.1, 0.15) is 18.9 Å². The van der Waals surface area contributed by atoms with Crippen LogP contribution in [0, 0.1) is 0 Å². The Balaban J connectivity index is 1.50. The van der Waals surface area contributed by atoms with Gasteiger partial charge in [0.25, 0.3) is 0 Å². The highest BCUT2D eigenvalue weighted by molar-refractivity contribution is 8.03. The van der Waals surface area contributed by atoms with Crippen molar-refractivity contribution in [3.05, 3.63) is 41.4 Å². The number of aromatic nitrogens is 3. The van der Waals surface area contributed by atoms with Gasteiger partial charge < -0.3 is 35.9 Å². The van der Waals surface area contributed by atoms with E-state index in [1.807, 2.05) is 60.5 Å². The molecule has 0 radical (unpaired) electrons. The lowest BCUT2D eigenvalue weighted by Crippen LogP contribution is -2.40. The Kier molecular flexibility index (Phi) is 7.43. The van der Waals surface area contributed by atoms with E-state index in [1.54, 1.807) is 6.20 Å². The molecule has 2 amide bonds. The fraction of sp³-hybridized carbons (Fsp3) is 0.385. The van der Waals surface area contributed by atoms with Crippen molar-refractivity contribution in [3.8, 4) is 5.75 Å². The highest BCUT2D eigenvalue weighted by atomic mass is 32.2. The topological polar surface area (TPSA) is 142 Å². The van der Waals surface area contributed by atoms with Crippen molar-refractivity contribution in [1.29, 1.82) is 0 Å². The van der Waals surface area contributed by atoms with Gasteiger partial charge in [-0.25, -0.2) is 0 Å². The number of ether oxygens (including phenoxy) is 1. The lowest BCUT2D eigenvalue weighted by Gasteiger charge is -2.31. The largest absolute Gasteiger partial charge is 0.492 e. The Labute approximate surface area is 225 Å². The number of amides is 2. The van der Waals surface area contributed by atoms with Crippen molar-refractivity contribution in [2.75, 3.05) is 49.3 Å². The number of fused-ring (bicyclic) bond motifs is 2. The van der Waals surface area contributed by atoms with Gasteiger partial charge in [-0.2, -0.15) is 9.97 Å². The van der Waals surface area contributed by atoms with Gasteiger partial charge in [0.2, 0.25) is 17.8 Å². The Morgan fingerprint density at radius 2 is 2.16 bits per heavy atom. The Morgan fingerprint density at radius 1 is 1.32 bits per heavy atom. The number of thioether (sulfide) groups is 1. The van der Waals surface area contributed by atoms with Crippen LogP contribution >= 0.6 is 11.8 Å². The molecule has 0 saturated carbocycles. The summed E-state index contributed by atoms with van der Waals surface area (Å²) in [6.45, 7) is 3.42. The number of carbonyl (C=O) groups is 2. The summed E-state index contributed by atoms with van der Waals surface area (Å²) in [7, 11) is 3.78. The average Bonchev–Trinajstić information content (AvgIpc) is 3.53. The molecule has 12 heteroatoms. The normalized spacial score (nSPS) is 18.6. The lowest BCUT2D eigenvalue weighted by atomic mass is 10.00. The van der Waals surface area contributed by atoms with E-state index in [2.05, 4.69) is 20.6 Å². The van der Waals surface area contributed by atoms with Crippen LogP contribution in [0.5, 0.6) is 5.75 Å². The third-order valence-electron chi connectivity index (χ3n) is 6.44. The van der Waals surface area contributed by atoms with E-state index in [1.165, 1.54) is 11.8 Å². The molecule has 2 aliphatic rings. The molecule has 2 aliphatic heterocycles. The predicted molar refractivity (Wildman–Crippen MR) is 151 cm³/mol. The van der Waals surface area contributed by atoms with Gasteiger partial charge in [0, 0.05) is 18.4 Å². The molecular formula is C26H32N8O3S. The average molecular weight is 537 g/mol. The number of aryl methyl sites for hydroxylation is 1. The van der Waals surface area contributed by atoms with Gasteiger partial charge in [-0.1, -0.05) is 6.08 Å². The van der Waals surface area contributed by atoms with E-state index >= 15 is 0 Å². The first-order valence-corrected chi connectivity index (χ1v) is 13.5. The van der Waals surface area contributed by atoms with Crippen LogP contribution in [0.4, 0.5) is 23.1 Å². The third kappa shape index (κ3) is 5.27. The molecule has 1 aromatic carbocycles. The molecule has 2 unspecified atom stereocenters. The molecule has 38 heavy (non-hydrogen) atoms. The molecule has 5 rings (SSSR count). The van der Waals surface area contributed by atoms with E-state index in [9.17, 15) is 9.59 Å². The molecule has 5 N–H and O–H groups in total. The zero-order valence-electron chi connectivity index (χ0n) is 21.7. The number of rotatable bonds is 9. The van der Waals surface area contributed by atoms with Crippen molar-refractivity contribution in [3.63, 3.8) is 0 Å². The molecule has 0 saturated heterocycles. The van der Waals surface area contributed by atoms with E-state index in [-0.39, 0.29) is 17.9 Å². The molecule has 4 heterocycles. The number of primary amides is 1. The number of carbonyl (C=O) groups excluding carboxylic acids is 2. The van der Waals surface area contributed by atoms with Crippen LogP contribution in [-0.4, -0.2) is 76.7 Å². The van der Waals surface area contributed by atoms with Crippen molar-refractivity contribution in [1.82, 2.24) is 19.9 Å². The number of likely N-dealkylation sites (N-methyl/N-ethyl adjacent to an activating group) is 1. The maximum absolute atomic E-state index is 13.0. The second kappa shape index (κ2) is 10.9. The lowest BCUT2D eigenvalue weighted by molar-refractivity contribution is -0.119. The highest BCUT2D eigenvalue weighted by Gasteiger charge is 2.30. The summed E-state index contributed by atoms with van der Waals surface area (Å²) < 4.78 is 5.97. The molecule has 0 bridgehead atoms. The minimum Gasteiger partial charge on any atom is -0.492 e. The molecule has 200 valence electrons. The summed E-state index contributed by atoms with van der Waals surface area (Å²) in [5.74, 6) is 1.24. The van der Waals surface area contributed by atoms with E-state index < -0.39 is 5.25 Å². The van der Waals surface area contributed by atoms with Crippen molar-refractivity contribution in [2.45, 2.75) is 31.1 Å². The standard InChI is InChI=1S/C26H32N8O3S/c1-4-37-20-12-15-6-5-10-34(21(35)14-33(2)3)19(15)13-18(20)30-26-31-24-16(7-9-28-24)25(32-26)29-17-8-11-38-22(17)23(27)36/h7-9,11-13,17,22H,4-6,10,14H2,1-3H3,(H2,27,36)(H3,28,29,30,31,32). The van der Waals surface area contributed by atoms with Gasteiger partial charge in [0.05, 0.1) is 30.3 Å². The van der Waals surface area contributed by atoms with Crippen LogP contribution in [0.3, 0.4) is 0 Å². The molecule has 0 aliphatic carbocycles. The maximum atomic E-state index is 13.0. The molecule has 2 aromatic heterocycles. The first kappa shape index (κ1) is 25.9. The highest BCUT2D eigenvalue weighted by Crippen LogP contribution is 2.38. The van der Waals surface area contributed by atoms with Crippen molar-refractivity contribution in [2.24, 2.45) is 5.73 Å². The number of nitrogens with zero attached hydrogens (tertiary/aromatic N) is 4. The molecule has 0 fully saturated rings. The number of anilines is 4. The van der Waals surface area contributed by atoms with Gasteiger partial charge in [0.1, 0.15) is 22.5 Å². The van der Waals surface area contributed by atoms with Gasteiger partial charge in [-0.3, -0.25) is 9.59 Å². The van der Waals surface area contributed by atoms with E-state index in [0.717, 1.165) is 29.5 Å². The first-order valence-electron chi connectivity index (χ1n) is 12.6. The fourth-order valence-corrected chi connectivity index (χ4v) is 5.64. The summed E-state index contributed by atoms with van der Waals surface area (Å²) in [6, 6.07) is 5.53. The van der Waals surface area contributed by atoms with Crippen molar-refractivity contribution < 1.29 is 14.3 Å². The maximum Gasteiger partial charge on any atom is 0.241 e. The van der Waals surface area contributed by atoms with Gasteiger partial charge in [0.15, 0.2) is 0 Å². The van der Waals surface area contributed by atoms with Gasteiger partial charge >= 0.3 is 0 Å². The minimum atomic E-state index is -0.425. The minimum absolute atomic E-state index is 0.0492. The molecule has 3 aromatic rings.